The summed E-state index contributed by atoms with van der Waals surface area (Å²) in [6, 6.07) is 0. The monoisotopic (exact) mass is 325 g/mol. The van der Waals surface area contributed by atoms with Crippen LogP contribution in [-0.2, 0) is 17.9 Å². The van der Waals surface area contributed by atoms with Gasteiger partial charge >= 0.3 is 0 Å². The molecule has 0 saturated carbocycles. The molecule has 0 atom stereocenters. The first-order valence-electron chi connectivity index (χ1n) is 6.03. The predicted octanol–water partition coefficient (Wildman–Crippen LogP) is 2.12. The SMILES string of the molecule is CCn1ncc(NC(=O)Cn2cc(Br)c(C)n2)c1C. The number of nitrogens with one attached hydrogen (secondary N) is 1. The van der Waals surface area contributed by atoms with Gasteiger partial charge in [-0.05, 0) is 36.7 Å². The first-order chi connectivity index (χ1) is 9.01. The smallest absolute Gasteiger partial charge is 0.246 e. The molecule has 0 aliphatic rings. The fourth-order valence-corrected chi connectivity index (χ4v) is 2.12. The Balaban J connectivity index is 2.03. The van der Waals surface area contributed by atoms with Gasteiger partial charge in [-0.2, -0.15) is 10.2 Å². The van der Waals surface area contributed by atoms with Crippen LogP contribution in [0.15, 0.2) is 16.9 Å². The Bertz CT molecular complexity index is 582. The van der Waals surface area contributed by atoms with Crippen molar-refractivity contribution in [1.29, 1.82) is 0 Å². The Morgan fingerprint density at radius 2 is 2.21 bits per heavy atom. The van der Waals surface area contributed by atoms with Crippen LogP contribution in [0.5, 0.6) is 0 Å². The zero-order valence-electron chi connectivity index (χ0n) is 11.1. The largest absolute Gasteiger partial charge is 0.322 e. The molecule has 0 saturated heterocycles. The molecule has 1 amide bonds. The van der Waals surface area contributed by atoms with Crippen molar-refractivity contribution in [2.75, 3.05) is 5.32 Å². The zero-order valence-corrected chi connectivity index (χ0v) is 12.7. The van der Waals surface area contributed by atoms with Gasteiger partial charge in [-0.1, -0.05) is 0 Å². The number of amides is 1. The van der Waals surface area contributed by atoms with Crippen molar-refractivity contribution in [3.05, 3.63) is 28.3 Å². The normalized spacial score (nSPS) is 10.7. The van der Waals surface area contributed by atoms with Crippen LogP contribution in [-0.4, -0.2) is 25.5 Å². The number of hydrogen-bond donors (Lipinski definition) is 1. The average molecular weight is 326 g/mol. The molecule has 2 rings (SSSR count). The molecule has 0 fully saturated rings. The highest BCUT2D eigenvalue weighted by atomic mass is 79.9. The molecule has 0 radical (unpaired) electrons. The van der Waals surface area contributed by atoms with Gasteiger partial charge in [-0.15, -0.1) is 0 Å². The highest BCUT2D eigenvalue weighted by molar-refractivity contribution is 9.10. The van der Waals surface area contributed by atoms with Crippen LogP contribution in [0.25, 0.3) is 0 Å². The number of carbonyl (C=O) groups is 1. The highest BCUT2D eigenvalue weighted by Crippen LogP contribution is 2.15. The fourth-order valence-electron chi connectivity index (χ4n) is 1.80. The second-order valence-corrected chi connectivity index (χ2v) is 5.12. The lowest BCUT2D eigenvalue weighted by atomic mass is 10.4. The molecular weight excluding hydrogens is 310 g/mol. The van der Waals surface area contributed by atoms with Crippen molar-refractivity contribution >= 4 is 27.5 Å². The van der Waals surface area contributed by atoms with E-state index in [2.05, 4.69) is 31.4 Å². The molecular formula is C12H16BrN5O. The van der Waals surface area contributed by atoms with Gasteiger partial charge in [0.05, 0.1) is 27.7 Å². The molecule has 1 N–H and O–H groups in total. The van der Waals surface area contributed by atoms with E-state index in [0.717, 1.165) is 28.1 Å². The third-order valence-corrected chi connectivity index (χ3v) is 3.65. The number of rotatable bonds is 4. The quantitative estimate of drug-likeness (QED) is 0.936. The number of aryl methyl sites for hydroxylation is 2. The van der Waals surface area contributed by atoms with Crippen molar-refractivity contribution in [3.8, 4) is 0 Å². The standard InChI is InChI=1S/C12H16BrN5O/c1-4-18-9(3)11(5-14-18)15-12(19)7-17-6-10(13)8(2)16-17/h5-6H,4,7H2,1-3H3,(H,15,19). The lowest BCUT2D eigenvalue weighted by Gasteiger charge is -2.05. The van der Waals surface area contributed by atoms with Crippen molar-refractivity contribution in [2.24, 2.45) is 0 Å². The van der Waals surface area contributed by atoms with E-state index in [4.69, 9.17) is 0 Å². The first-order valence-corrected chi connectivity index (χ1v) is 6.82. The lowest BCUT2D eigenvalue weighted by Crippen LogP contribution is -2.19. The fraction of sp³-hybridized carbons (Fsp3) is 0.417. The third kappa shape index (κ3) is 3.04. The van der Waals surface area contributed by atoms with Crippen LogP contribution < -0.4 is 5.32 Å². The summed E-state index contributed by atoms with van der Waals surface area (Å²) in [5.41, 5.74) is 2.56. The number of carbonyl (C=O) groups excluding carboxylic acids is 1. The molecule has 2 aromatic rings. The first kappa shape index (κ1) is 13.8. The number of anilines is 1. The van der Waals surface area contributed by atoms with Gasteiger partial charge in [-0.25, -0.2) is 0 Å². The van der Waals surface area contributed by atoms with Crippen molar-refractivity contribution in [3.63, 3.8) is 0 Å². The second kappa shape index (κ2) is 5.56. The summed E-state index contributed by atoms with van der Waals surface area (Å²) in [4.78, 5) is 11.9. The molecule has 19 heavy (non-hydrogen) atoms. The van der Waals surface area contributed by atoms with Crippen LogP contribution >= 0.6 is 15.9 Å². The Morgan fingerprint density at radius 3 is 2.74 bits per heavy atom. The maximum absolute atomic E-state index is 11.9. The summed E-state index contributed by atoms with van der Waals surface area (Å²) in [7, 11) is 0. The highest BCUT2D eigenvalue weighted by Gasteiger charge is 2.10. The van der Waals surface area contributed by atoms with Gasteiger partial charge in [-0.3, -0.25) is 14.2 Å². The van der Waals surface area contributed by atoms with Gasteiger partial charge in [0, 0.05) is 12.7 Å². The molecule has 0 bridgehead atoms. The summed E-state index contributed by atoms with van der Waals surface area (Å²) < 4.78 is 4.34. The maximum atomic E-state index is 11.9. The number of hydrogen-bond acceptors (Lipinski definition) is 3. The van der Waals surface area contributed by atoms with E-state index < -0.39 is 0 Å². The van der Waals surface area contributed by atoms with Crippen molar-refractivity contribution in [1.82, 2.24) is 19.6 Å². The zero-order chi connectivity index (χ0) is 14.0. The molecule has 102 valence electrons. The van der Waals surface area contributed by atoms with E-state index in [-0.39, 0.29) is 12.5 Å². The number of aromatic nitrogens is 4. The third-order valence-electron chi connectivity index (χ3n) is 2.87. The van der Waals surface area contributed by atoms with Crippen LogP contribution in [0.4, 0.5) is 5.69 Å². The van der Waals surface area contributed by atoms with Crippen LogP contribution in [0, 0.1) is 13.8 Å². The minimum absolute atomic E-state index is 0.117. The van der Waals surface area contributed by atoms with Crippen molar-refractivity contribution in [2.45, 2.75) is 33.9 Å². The summed E-state index contributed by atoms with van der Waals surface area (Å²) in [6.07, 6.45) is 3.46. The van der Waals surface area contributed by atoms with E-state index >= 15 is 0 Å². The minimum Gasteiger partial charge on any atom is -0.322 e. The van der Waals surface area contributed by atoms with Crippen molar-refractivity contribution < 1.29 is 4.79 Å². The van der Waals surface area contributed by atoms with E-state index in [1.807, 2.05) is 25.5 Å². The summed E-state index contributed by atoms with van der Waals surface area (Å²) in [5, 5.41) is 11.3. The van der Waals surface area contributed by atoms with Crippen LogP contribution in [0.1, 0.15) is 18.3 Å². The average Bonchev–Trinajstić information content (AvgIpc) is 2.84. The molecule has 0 aliphatic heterocycles. The van der Waals surface area contributed by atoms with E-state index in [1.165, 1.54) is 0 Å². The van der Waals surface area contributed by atoms with Gasteiger partial charge in [0.25, 0.3) is 0 Å². The molecule has 2 heterocycles. The lowest BCUT2D eigenvalue weighted by molar-refractivity contribution is -0.116. The minimum atomic E-state index is -0.117. The number of nitrogens with zero attached hydrogens (tertiary/aromatic N) is 4. The Kier molecular flexibility index (Phi) is 4.04. The topological polar surface area (TPSA) is 64.7 Å². The molecule has 0 aliphatic carbocycles. The summed E-state index contributed by atoms with van der Waals surface area (Å²) in [6.45, 7) is 6.79. The second-order valence-electron chi connectivity index (χ2n) is 4.27. The summed E-state index contributed by atoms with van der Waals surface area (Å²) >= 11 is 3.37. The molecule has 0 unspecified atom stereocenters. The predicted molar refractivity (Wildman–Crippen MR) is 75.9 cm³/mol. The van der Waals surface area contributed by atoms with E-state index in [0.29, 0.717) is 0 Å². The maximum Gasteiger partial charge on any atom is 0.246 e. The molecule has 6 nitrogen and oxygen atoms in total. The van der Waals surface area contributed by atoms with Gasteiger partial charge in [0.1, 0.15) is 6.54 Å². The van der Waals surface area contributed by atoms with Gasteiger partial charge < -0.3 is 5.32 Å². The molecule has 7 heteroatoms. The Morgan fingerprint density at radius 1 is 1.47 bits per heavy atom. The van der Waals surface area contributed by atoms with E-state index in [1.54, 1.807) is 17.1 Å². The summed E-state index contributed by atoms with van der Waals surface area (Å²) in [5.74, 6) is -0.117. The molecule has 0 aromatic carbocycles. The number of halogens is 1. The molecule has 2 aromatic heterocycles. The van der Waals surface area contributed by atoms with Crippen LogP contribution in [0.2, 0.25) is 0 Å². The van der Waals surface area contributed by atoms with Gasteiger partial charge in [0.15, 0.2) is 0 Å². The van der Waals surface area contributed by atoms with Gasteiger partial charge in [0.2, 0.25) is 5.91 Å². The van der Waals surface area contributed by atoms with Crippen LogP contribution in [0.3, 0.4) is 0 Å². The Hall–Kier alpha value is -1.63. The molecule has 0 spiro atoms. The van der Waals surface area contributed by atoms with E-state index in [9.17, 15) is 4.79 Å². The Labute approximate surface area is 119 Å².